The number of amides is 2. The summed E-state index contributed by atoms with van der Waals surface area (Å²) in [5, 5.41) is 4.18. The van der Waals surface area contributed by atoms with Gasteiger partial charge in [-0.2, -0.15) is 0 Å². The Balaban J connectivity index is 1.64. The third-order valence-electron chi connectivity index (χ3n) is 4.79. The maximum atomic E-state index is 12.7. The SMILES string of the molecule is CCOC(=O)N1CCC(NC(=O)c2cc3cc(C)ccc3n2C)CC1. The molecule has 0 radical (unpaired) electrons. The van der Waals surface area contributed by atoms with Gasteiger partial charge in [-0.05, 0) is 44.9 Å². The lowest BCUT2D eigenvalue weighted by atomic mass is 10.1. The Morgan fingerprint density at radius 1 is 1.24 bits per heavy atom. The number of carbonyl (C=O) groups is 2. The first-order valence-corrected chi connectivity index (χ1v) is 8.78. The monoisotopic (exact) mass is 343 g/mol. The summed E-state index contributed by atoms with van der Waals surface area (Å²) in [5.41, 5.74) is 2.89. The molecule has 0 bridgehead atoms. The van der Waals surface area contributed by atoms with Crippen molar-refractivity contribution in [3.05, 3.63) is 35.5 Å². The van der Waals surface area contributed by atoms with E-state index in [0.717, 1.165) is 23.7 Å². The number of aryl methyl sites for hydroxylation is 2. The highest BCUT2D eigenvalue weighted by Gasteiger charge is 2.25. The van der Waals surface area contributed by atoms with Crippen molar-refractivity contribution < 1.29 is 14.3 Å². The lowest BCUT2D eigenvalue weighted by molar-refractivity contribution is 0.0855. The van der Waals surface area contributed by atoms with Crippen molar-refractivity contribution in [2.24, 2.45) is 7.05 Å². The van der Waals surface area contributed by atoms with Gasteiger partial charge in [-0.1, -0.05) is 11.6 Å². The molecular weight excluding hydrogens is 318 g/mol. The Kier molecular flexibility index (Phi) is 4.97. The highest BCUT2D eigenvalue weighted by atomic mass is 16.6. The van der Waals surface area contributed by atoms with Crippen molar-refractivity contribution >= 4 is 22.9 Å². The van der Waals surface area contributed by atoms with Crippen molar-refractivity contribution in [2.75, 3.05) is 19.7 Å². The minimum Gasteiger partial charge on any atom is -0.450 e. The van der Waals surface area contributed by atoms with Crippen LogP contribution in [-0.2, 0) is 11.8 Å². The largest absolute Gasteiger partial charge is 0.450 e. The standard InChI is InChI=1S/C19H25N3O3/c1-4-25-19(24)22-9-7-15(8-10-22)20-18(23)17-12-14-11-13(2)5-6-16(14)21(17)3/h5-6,11-12,15H,4,7-10H2,1-3H3,(H,20,23). The van der Waals surface area contributed by atoms with Gasteiger partial charge in [0.2, 0.25) is 0 Å². The first-order valence-electron chi connectivity index (χ1n) is 8.78. The molecule has 1 N–H and O–H groups in total. The number of nitrogens with zero attached hydrogens (tertiary/aromatic N) is 2. The summed E-state index contributed by atoms with van der Waals surface area (Å²) in [6.07, 6.45) is 1.22. The fraction of sp³-hybridized carbons (Fsp3) is 0.474. The lowest BCUT2D eigenvalue weighted by Gasteiger charge is -2.31. The molecule has 0 saturated carbocycles. The molecule has 1 aliphatic heterocycles. The molecule has 25 heavy (non-hydrogen) atoms. The van der Waals surface area contributed by atoms with Crippen LogP contribution < -0.4 is 5.32 Å². The van der Waals surface area contributed by atoms with Crippen LogP contribution in [0.1, 0.15) is 35.8 Å². The summed E-state index contributed by atoms with van der Waals surface area (Å²) in [5.74, 6) is -0.0639. The summed E-state index contributed by atoms with van der Waals surface area (Å²) >= 11 is 0. The van der Waals surface area contributed by atoms with E-state index in [1.54, 1.807) is 11.8 Å². The number of ether oxygens (including phenoxy) is 1. The minimum atomic E-state index is -0.267. The number of hydrogen-bond donors (Lipinski definition) is 1. The minimum absolute atomic E-state index is 0.0639. The summed E-state index contributed by atoms with van der Waals surface area (Å²) in [7, 11) is 1.91. The Morgan fingerprint density at radius 3 is 2.64 bits per heavy atom. The molecule has 0 spiro atoms. The van der Waals surface area contributed by atoms with Gasteiger partial charge in [0.15, 0.2) is 0 Å². The van der Waals surface area contributed by atoms with Gasteiger partial charge in [-0.15, -0.1) is 0 Å². The molecule has 0 aliphatic carbocycles. The lowest BCUT2D eigenvalue weighted by Crippen LogP contribution is -2.46. The average molecular weight is 343 g/mol. The predicted octanol–water partition coefficient (Wildman–Crippen LogP) is 2.84. The van der Waals surface area contributed by atoms with E-state index in [0.29, 0.717) is 25.4 Å². The number of aromatic nitrogens is 1. The molecule has 2 amide bonds. The molecule has 3 rings (SSSR count). The summed E-state index contributed by atoms with van der Waals surface area (Å²) < 4.78 is 6.95. The molecular formula is C19H25N3O3. The zero-order valence-electron chi connectivity index (χ0n) is 15.0. The smallest absolute Gasteiger partial charge is 0.409 e. The van der Waals surface area contributed by atoms with E-state index in [4.69, 9.17) is 4.74 Å². The molecule has 6 nitrogen and oxygen atoms in total. The molecule has 0 unspecified atom stereocenters. The molecule has 2 heterocycles. The molecule has 1 aliphatic rings. The Bertz CT molecular complexity index is 789. The Labute approximate surface area is 147 Å². The van der Waals surface area contributed by atoms with Crippen LogP contribution >= 0.6 is 0 Å². The van der Waals surface area contributed by atoms with Gasteiger partial charge < -0.3 is 19.5 Å². The van der Waals surface area contributed by atoms with Crippen molar-refractivity contribution in [2.45, 2.75) is 32.7 Å². The molecule has 2 aromatic rings. The second-order valence-corrected chi connectivity index (χ2v) is 6.58. The first-order chi connectivity index (χ1) is 12.0. The fourth-order valence-electron chi connectivity index (χ4n) is 3.37. The van der Waals surface area contributed by atoms with E-state index in [2.05, 4.69) is 17.4 Å². The predicted molar refractivity (Wildman–Crippen MR) is 96.7 cm³/mol. The third-order valence-corrected chi connectivity index (χ3v) is 4.79. The summed E-state index contributed by atoms with van der Waals surface area (Å²) in [4.78, 5) is 26.1. The molecule has 1 saturated heterocycles. The van der Waals surface area contributed by atoms with Gasteiger partial charge in [0.05, 0.1) is 6.61 Å². The first kappa shape index (κ1) is 17.3. The molecule has 1 aromatic carbocycles. The van der Waals surface area contributed by atoms with Crippen LogP contribution in [0.5, 0.6) is 0 Å². The topological polar surface area (TPSA) is 63.6 Å². The van der Waals surface area contributed by atoms with Gasteiger partial charge in [0.25, 0.3) is 5.91 Å². The number of nitrogens with one attached hydrogen (secondary N) is 1. The third kappa shape index (κ3) is 3.62. The van der Waals surface area contributed by atoms with E-state index in [1.807, 2.05) is 30.7 Å². The number of benzene rings is 1. The number of likely N-dealkylation sites (tertiary alicyclic amines) is 1. The van der Waals surface area contributed by atoms with Crippen LogP contribution in [0.15, 0.2) is 24.3 Å². The van der Waals surface area contributed by atoms with Gasteiger partial charge in [-0.3, -0.25) is 4.79 Å². The number of fused-ring (bicyclic) bond motifs is 1. The van der Waals surface area contributed by atoms with E-state index in [-0.39, 0.29) is 18.0 Å². The molecule has 6 heteroatoms. The molecule has 1 aromatic heterocycles. The van der Waals surface area contributed by atoms with E-state index >= 15 is 0 Å². The van der Waals surface area contributed by atoms with E-state index in [1.165, 1.54) is 5.56 Å². The maximum absolute atomic E-state index is 12.7. The van der Waals surface area contributed by atoms with Crippen LogP contribution in [0.2, 0.25) is 0 Å². The van der Waals surface area contributed by atoms with Crippen LogP contribution in [-0.4, -0.2) is 47.2 Å². The second kappa shape index (κ2) is 7.17. The Hall–Kier alpha value is -2.50. The maximum Gasteiger partial charge on any atom is 0.409 e. The fourth-order valence-corrected chi connectivity index (χ4v) is 3.37. The number of hydrogen-bond acceptors (Lipinski definition) is 3. The summed E-state index contributed by atoms with van der Waals surface area (Å²) in [6.45, 7) is 5.45. The molecule has 134 valence electrons. The van der Waals surface area contributed by atoms with Crippen LogP contribution in [0, 0.1) is 6.92 Å². The molecule has 1 fully saturated rings. The zero-order valence-corrected chi connectivity index (χ0v) is 15.0. The summed E-state index contributed by atoms with van der Waals surface area (Å²) in [6, 6.07) is 8.20. The highest BCUT2D eigenvalue weighted by molar-refractivity contribution is 5.99. The van der Waals surface area contributed by atoms with Crippen molar-refractivity contribution in [1.29, 1.82) is 0 Å². The number of carbonyl (C=O) groups excluding carboxylic acids is 2. The normalized spacial score (nSPS) is 15.4. The quantitative estimate of drug-likeness (QED) is 0.932. The average Bonchev–Trinajstić information content (AvgIpc) is 2.92. The number of rotatable bonds is 3. The Morgan fingerprint density at radius 2 is 1.96 bits per heavy atom. The van der Waals surface area contributed by atoms with Gasteiger partial charge in [0.1, 0.15) is 5.69 Å². The van der Waals surface area contributed by atoms with Gasteiger partial charge >= 0.3 is 6.09 Å². The van der Waals surface area contributed by atoms with Crippen molar-refractivity contribution in [1.82, 2.24) is 14.8 Å². The van der Waals surface area contributed by atoms with Crippen LogP contribution in [0.3, 0.4) is 0 Å². The van der Waals surface area contributed by atoms with Gasteiger partial charge in [-0.25, -0.2) is 4.79 Å². The van der Waals surface area contributed by atoms with Crippen molar-refractivity contribution in [3.63, 3.8) is 0 Å². The zero-order chi connectivity index (χ0) is 18.0. The van der Waals surface area contributed by atoms with Gasteiger partial charge in [0, 0.05) is 37.1 Å². The van der Waals surface area contributed by atoms with E-state index in [9.17, 15) is 9.59 Å². The second-order valence-electron chi connectivity index (χ2n) is 6.58. The highest BCUT2D eigenvalue weighted by Crippen LogP contribution is 2.21. The number of piperidine rings is 1. The van der Waals surface area contributed by atoms with Crippen LogP contribution in [0.4, 0.5) is 4.79 Å². The van der Waals surface area contributed by atoms with E-state index < -0.39 is 0 Å². The van der Waals surface area contributed by atoms with Crippen LogP contribution in [0.25, 0.3) is 10.9 Å². The van der Waals surface area contributed by atoms with Crippen molar-refractivity contribution in [3.8, 4) is 0 Å². The molecule has 0 atom stereocenters.